The minimum Gasteiger partial charge on any atom is -0.508 e. The number of phenolic OH excluding ortho intramolecular Hbond substituents is 2. The lowest BCUT2D eigenvalue weighted by molar-refractivity contribution is -0.142. The molecule has 0 saturated carbocycles. The molecule has 2 atom stereocenters. The highest BCUT2D eigenvalue weighted by Crippen LogP contribution is 2.38. The van der Waals surface area contributed by atoms with E-state index < -0.39 is 0 Å². The van der Waals surface area contributed by atoms with Gasteiger partial charge in [0, 0.05) is 11.3 Å². The van der Waals surface area contributed by atoms with Crippen molar-refractivity contribution in [3.8, 4) is 11.5 Å². The number of thioether (sulfide) groups is 1. The SMILES string of the molecule is COC(=O)C1CSC(c2cc(O)ccc2O)N1. The molecule has 2 rings (SSSR count). The maximum atomic E-state index is 11.3. The van der Waals surface area contributed by atoms with Crippen molar-refractivity contribution in [2.45, 2.75) is 11.4 Å². The van der Waals surface area contributed by atoms with Gasteiger partial charge in [-0.2, -0.15) is 0 Å². The van der Waals surface area contributed by atoms with Gasteiger partial charge >= 0.3 is 5.97 Å². The number of esters is 1. The molecule has 17 heavy (non-hydrogen) atoms. The number of hydrogen-bond acceptors (Lipinski definition) is 6. The summed E-state index contributed by atoms with van der Waals surface area (Å²) in [6.07, 6.45) is 0. The number of ether oxygens (including phenoxy) is 1. The molecule has 5 nitrogen and oxygen atoms in total. The predicted molar refractivity (Wildman–Crippen MR) is 63.9 cm³/mol. The van der Waals surface area contributed by atoms with Crippen LogP contribution in [0.5, 0.6) is 11.5 Å². The highest BCUT2D eigenvalue weighted by Gasteiger charge is 2.32. The molecule has 0 bridgehead atoms. The van der Waals surface area contributed by atoms with Crippen molar-refractivity contribution in [2.24, 2.45) is 0 Å². The van der Waals surface area contributed by atoms with Crippen molar-refractivity contribution in [1.29, 1.82) is 0 Å². The zero-order valence-corrected chi connectivity index (χ0v) is 10.0. The second-order valence-electron chi connectivity index (χ2n) is 3.70. The van der Waals surface area contributed by atoms with Crippen molar-refractivity contribution < 1.29 is 19.7 Å². The third kappa shape index (κ3) is 2.48. The fourth-order valence-electron chi connectivity index (χ4n) is 1.68. The molecule has 6 heteroatoms. The number of methoxy groups -OCH3 is 1. The van der Waals surface area contributed by atoms with Gasteiger partial charge in [-0.25, -0.2) is 0 Å². The van der Waals surface area contributed by atoms with Gasteiger partial charge in [-0.1, -0.05) is 0 Å². The average Bonchev–Trinajstić information content (AvgIpc) is 2.80. The van der Waals surface area contributed by atoms with Crippen LogP contribution in [0.2, 0.25) is 0 Å². The zero-order valence-electron chi connectivity index (χ0n) is 9.21. The van der Waals surface area contributed by atoms with Crippen molar-refractivity contribution in [2.75, 3.05) is 12.9 Å². The van der Waals surface area contributed by atoms with Gasteiger partial charge in [0.25, 0.3) is 0 Å². The maximum Gasteiger partial charge on any atom is 0.323 e. The Hall–Kier alpha value is -1.40. The Kier molecular flexibility index (Phi) is 3.44. The van der Waals surface area contributed by atoms with E-state index in [0.717, 1.165) is 0 Å². The summed E-state index contributed by atoms with van der Waals surface area (Å²) in [6.45, 7) is 0. The lowest BCUT2D eigenvalue weighted by Crippen LogP contribution is -2.34. The van der Waals surface area contributed by atoms with E-state index in [1.54, 1.807) is 0 Å². The van der Waals surface area contributed by atoms with E-state index in [1.807, 2.05) is 0 Å². The standard InChI is InChI=1S/C11H13NO4S/c1-16-11(15)8-5-17-10(12-8)7-4-6(13)2-3-9(7)14/h2-4,8,10,12-14H,5H2,1H3. The number of aromatic hydroxyl groups is 2. The number of rotatable bonds is 2. The van der Waals surface area contributed by atoms with Gasteiger partial charge in [-0.05, 0) is 18.2 Å². The third-order valence-corrected chi connectivity index (χ3v) is 3.81. The van der Waals surface area contributed by atoms with Crippen LogP contribution in [-0.2, 0) is 9.53 Å². The zero-order chi connectivity index (χ0) is 12.4. The molecule has 1 fully saturated rings. The molecule has 1 heterocycles. The van der Waals surface area contributed by atoms with Crippen LogP contribution >= 0.6 is 11.8 Å². The summed E-state index contributed by atoms with van der Waals surface area (Å²) in [5.41, 5.74) is 0.571. The highest BCUT2D eigenvalue weighted by molar-refractivity contribution is 7.99. The summed E-state index contributed by atoms with van der Waals surface area (Å²) in [4.78, 5) is 11.3. The summed E-state index contributed by atoms with van der Waals surface area (Å²) < 4.78 is 4.65. The molecule has 1 aliphatic heterocycles. The largest absolute Gasteiger partial charge is 0.508 e. The topological polar surface area (TPSA) is 78.8 Å². The molecule has 0 spiro atoms. The van der Waals surface area contributed by atoms with E-state index in [4.69, 9.17) is 0 Å². The van der Waals surface area contributed by atoms with Crippen LogP contribution in [0.4, 0.5) is 0 Å². The summed E-state index contributed by atoms with van der Waals surface area (Å²) in [7, 11) is 1.34. The molecule has 1 aromatic rings. The lowest BCUT2D eigenvalue weighted by atomic mass is 10.1. The fourth-order valence-corrected chi connectivity index (χ4v) is 2.93. The fraction of sp³-hybridized carbons (Fsp3) is 0.364. The highest BCUT2D eigenvalue weighted by atomic mass is 32.2. The van der Waals surface area contributed by atoms with Gasteiger partial charge in [0.1, 0.15) is 17.5 Å². The maximum absolute atomic E-state index is 11.3. The number of carbonyl (C=O) groups excluding carboxylic acids is 1. The van der Waals surface area contributed by atoms with Gasteiger partial charge in [-0.15, -0.1) is 11.8 Å². The van der Waals surface area contributed by atoms with E-state index in [-0.39, 0.29) is 28.9 Å². The van der Waals surface area contributed by atoms with Crippen LogP contribution in [-0.4, -0.2) is 35.1 Å². The molecule has 1 saturated heterocycles. The molecular formula is C11H13NO4S. The van der Waals surface area contributed by atoms with Gasteiger partial charge in [-0.3, -0.25) is 10.1 Å². The van der Waals surface area contributed by atoms with Gasteiger partial charge in [0.05, 0.1) is 12.5 Å². The molecule has 2 unspecified atom stereocenters. The van der Waals surface area contributed by atoms with E-state index in [2.05, 4.69) is 10.1 Å². The number of hydrogen-bond donors (Lipinski definition) is 3. The van der Waals surface area contributed by atoms with Crippen LogP contribution in [0.25, 0.3) is 0 Å². The van der Waals surface area contributed by atoms with Crippen LogP contribution in [0.1, 0.15) is 10.9 Å². The first-order valence-corrected chi connectivity index (χ1v) is 6.14. The Morgan fingerprint density at radius 3 is 3.00 bits per heavy atom. The van der Waals surface area contributed by atoms with Crippen LogP contribution < -0.4 is 5.32 Å². The average molecular weight is 255 g/mol. The molecule has 0 aromatic heterocycles. The Morgan fingerprint density at radius 1 is 1.53 bits per heavy atom. The molecule has 1 aliphatic rings. The monoisotopic (exact) mass is 255 g/mol. The molecule has 92 valence electrons. The van der Waals surface area contributed by atoms with Crippen molar-refractivity contribution in [1.82, 2.24) is 5.32 Å². The number of carbonyl (C=O) groups is 1. The van der Waals surface area contributed by atoms with Gasteiger partial charge in [0.2, 0.25) is 0 Å². The summed E-state index contributed by atoms with van der Waals surface area (Å²) >= 11 is 1.49. The third-order valence-electron chi connectivity index (χ3n) is 2.56. The van der Waals surface area contributed by atoms with Gasteiger partial charge in [0.15, 0.2) is 0 Å². The molecule has 0 aliphatic carbocycles. The number of nitrogens with one attached hydrogen (secondary N) is 1. The first-order chi connectivity index (χ1) is 8.11. The Labute approximate surface area is 103 Å². The smallest absolute Gasteiger partial charge is 0.323 e. The van der Waals surface area contributed by atoms with E-state index >= 15 is 0 Å². The molecule has 0 amide bonds. The lowest BCUT2D eigenvalue weighted by Gasteiger charge is -2.13. The Bertz CT molecular complexity index is 437. The number of benzene rings is 1. The summed E-state index contributed by atoms with van der Waals surface area (Å²) in [5, 5.41) is 21.9. The second kappa shape index (κ2) is 4.85. The number of phenols is 2. The summed E-state index contributed by atoms with van der Waals surface area (Å²) in [6, 6.07) is 3.95. The molecule has 1 aromatic carbocycles. The normalized spacial score (nSPS) is 23.6. The Balaban J connectivity index is 2.15. The minimum absolute atomic E-state index is 0.0849. The van der Waals surface area contributed by atoms with E-state index in [1.165, 1.54) is 37.1 Å². The van der Waals surface area contributed by atoms with Crippen molar-refractivity contribution >= 4 is 17.7 Å². The quantitative estimate of drug-likeness (QED) is 0.540. The van der Waals surface area contributed by atoms with Crippen molar-refractivity contribution in [3.05, 3.63) is 23.8 Å². The van der Waals surface area contributed by atoms with Crippen LogP contribution in [0.15, 0.2) is 18.2 Å². The predicted octanol–water partition coefficient (Wildman–Crippen LogP) is 0.974. The summed E-state index contributed by atoms with van der Waals surface area (Å²) in [5.74, 6) is 0.437. The van der Waals surface area contributed by atoms with Gasteiger partial charge < -0.3 is 14.9 Å². The van der Waals surface area contributed by atoms with E-state index in [0.29, 0.717) is 11.3 Å². The first-order valence-electron chi connectivity index (χ1n) is 5.09. The molecular weight excluding hydrogens is 242 g/mol. The second-order valence-corrected chi connectivity index (χ2v) is 4.84. The van der Waals surface area contributed by atoms with Crippen LogP contribution in [0, 0.1) is 0 Å². The first kappa shape index (κ1) is 12.1. The minimum atomic E-state index is -0.378. The van der Waals surface area contributed by atoms with Crippen molar-refractivity contribution in [3.63, 3.8) is 0 Å². The van der Waals surface area contributed by atoms with E-state index in [9.17, 15) is 15.0 Å². The molecule has 0 radical (unpaired) electrons. The molecule has 3 N–H and O–H groups in total. The van der Waals surface area contributed by atoms with Crippen LogP contribution in [0.3, 0.4) is 0 Å². The Morgan fingerprint density at radius 2 is 2.29 bits per heavy atom.